The largest absolute Gasteiger partial charge is 0.382 e. The maximum Gasteiger partial charge on any atom is 0.149 e. The fraction of sp³-hybridized carbons (Fsp3) is 0.308. The van der Waals surface area contributed by atoms with Crippen LogP contribution < -0.4 is 5.73 Å². The Morgan fingerprint density at radius 1 is 1.28 bits per heavy atom. The maximum absolute atomic E-state index is 13.7. The Balaban J connectivity index is 2.58. The van der Waals surface area contributed by atoms with Gasteiger partial charge in [0.25, 0.3) is 0 Å². The predicted octanol–water partition coefficient (Wildman–Crippen LogP) is 3.14. The van der Waals surface area contributed by atoms with Gasteiger partial charge in [-0.1, -0.05) is 19.9 Å². The summed E-state index contributed by atoms with van der Waals surface area (Å²) in [5.74, 6) is -0.632. The van der Waals surface area contributed by atoms with E-state index < -0.39 is 11.6 Å². The van der Waals surface area contributed by atoms with Crippen molar-refractivity contribution in [1.82, 2.24) is 10.2 Å². The molecule has 0 saturated heterocycles. The van der Waals surface area contributed by atoms with E-state index in [1.165, 1.54) is 18.2 Å². The summed E-state index contributed by atoms with van der Waals surface area (Å²) in [6, 6.07) is 3.76. The molecule has 3 nitrogen and oxygen atoms in total. The number of hydrogen-bond donors (Lipinski definition) is 2. The third kappa shape index (κ3) is 2.20. The molecule has 5 heteroatoms. The van der Waals surface area contributed by atoms with E-state index in [9.17, 15) is 8.78 Å². The second kappa shape index (κ2) is 4.76. The van der Waals surface area contributed by atoms with Crippen molar-refractivity contribution in [2.24, 2.45) is 5.92 Å². The van der Waals surface area contributed by atoms with Gasteiger partial charge in [0.05, 0.1) is 11.3 Å². The summed E-state index contributed by atoms with van der Waals surface area (Å²) in [6.07, 6.45) is 0.617. The molecule has 1 aromatic heterocycles. The quantitative estimate of drug-likeness (QED) is 0.880. The van der Waals surface area contributed by atoms with E-state index in [0.29, 0.717) is 29.4 Å². The molecule has 0 aliphatic heterocycles. The van der Waals surface area contributed by atoms with E-state index >= 15 is 0 Å². The first-order valence-corrected chi connectivity index (χ1v) is 5.77. The number of aromatic amines is 1. The van der Waals surface area contributed by atoms with Crippen molar-refractivity contribution in [3.05, 3.63) is 35.4 Å². The molecule has 0 fully saturated rings. The molecule has 0 bridgehead atoms. The monoisotopic (exact) mass is 251 g/mol. The predicted molar refractivity (Wildman–Crippen MR) is 66.9 cm³/mol. The molecular weight excluding hydrogens is 236 g/mol. The zero-order valence-corrected chi connectivity index (χ0v) is 10.3. The van der Waals surface area contributed by atoms with Gasteiger partial charge < -0.3 is 5.73 Å². The number of nitrogens with two attached hydrogens (primary N) is 1. The Hall–Kier alpha value is -1.91. The first-order chi connectivity index (χ1) is 8.50. The third-order valence-corrected chi connectivity index (χ3v) is 2.72. The Morgan fingerprint density at radius 3 is 2.44 bits per heavy atom. The summed E-state index contributed by atoms with van der Waals surface area (Å²) in [5, 5.41) is 6.47. The smallest absolute Gasteiger partial charge is 0.149 e. The fourth-order valence-electron chi connectivity index (χ4n) is 1.94. The first kappa shape index (κ1) is 12.5. The van der Waals surface area contributed by atoms with Gasteiger partial charge in [-0.25, -0.2) is 8.78 Å². The fourth-order valence-corrected chi connectivity index (χ4v) is 1.94. The van der Waals surface area contributed by atoms with Crippen molar-refractivity contribution < 1.29 is 8.78 Å². The standard InChI is InChI=1S/C13H15F2N3/c1-7(2)6-8-12(17-18-13(8)16)11-9(14)4-3-5-10(11)15/h3-5,7H,6H2,1-2H3,(H3,16,17,18). The van der Waals surface area contributed by atoms with E-state index in [4.69, 9.17) is 5.73 Å². The number of nitrogens with zero attached hydrogens (tertiary/aromatic N) is 1. The number of benzene rings is 1. The van der Waals surface area contributed by atoms with Gasteiger partial charge in [-0.15, -0.1) is 0 Å². The average Bonchev–Trinajstić information content (AvgIpc) is 2.61. The highest BCUT2D eigenvalue weighted by Gasteiger charge is 2.19. The molecule has 3 N–H and O–H groups in total. The molecule has 0 atom stereocenters. The van der Waals surface area contributed by atoms with Crippen LogP contribution in [0.4, 0.5) is 14.6 Å². The molecule has 0 amide bonds. The van der Waals surface area contributed by atoms with Gasteiger partial charge in [0, 0.05) is 5.56 Å². The second-order valence-corrected chi connectivity index (χ2v) is 4.66. The number of nitrogen functional groups attached to an aromatic ring is 1. The van der Waals surface area contributed by atoms with Gasteiger partial charge in [-0.05, 0) is 24.5 Å². The topological polar surface area (TPSA) is 54.7 Å². The molecule has 96 valence electrons. The highest BCUT2D eigenvalue weighted by molar-refractivity contribution is 5.69. The molecule has 0 aliphatic carbocycles. The number of rotatable bonds is 3. The molecule has 1 heterocycles. The summed E-state index contributed by atoms with van der Waals surface area (Å²) >= 11 is 0. The lowest BCUT2D eigenvalue weighted by Gasteiger charge is -2.08. The molecule has 2 rings (SSSR count). The van der Waals surface area contributed by atoms with Crippen LogP contribution in [-0.4, -0.2) is 10.2 Å². The van der Waals surface area contributed by atoms with Gasteiger partial charge in [0.2, 0.25) is 0 Å². The van der Waals surface area contributed by atoms with Crippen molar-refractivity contribution >= 4 is 5.82 Å². The van der Waals surface area contributed by atoms with Crippen molar-refractivity contribution in [2.45, 2.75) is 20.3 Å². The lowest BCUT2D eigenvalue weighted by atomic mass is 9.98. The highest BCUT2D eigenvalue weighted by atomic mass is 19.1. The molecule has 2 aromatic rings. The van der Waals surface area contributed by atoms with E-state index in [2.05, 4.69) is 10.2 Å². The number of anilines is 1. The summed E-state index contributed by atoms with van der Waals surface area (Å²) in [5.41, 5.74) is 6.63. The minimum Gasteiger partial charge on any atom is -0.382 e. The third-order valence-electron chi connectivity index (χ3n) is 2.72. The lowest BCUT2D eigenvalue weighted by Crippen LogP contribution is -2.00. The minimum atomic E-state index is -0.622. The van der Waals surface area contributed by atoms with E-state index in [1.54, 1.807) is 0 Å². The van der Waals surface area contributed by atoms with Gasteiger partial charge in [0.15, 0.2) is 0 Å². The Kier molecular flexibility index (Phi) is 3.32. The number of nitrogens with one attached hydrogen (secondary N) is 1. The van der Waals surface area contributed by atoms with Crippen molar-refractivity contribution in [1.29, 1.82) is 0 Å². The Labute approximate surface area is 104 Å². The van der Waals surface area contributed by atoms with Crippen molar-refractivity contribution in [2.75, 3.05) is 5.73 Å². The molecular formula is C13H15F2N3. The van der Waals surface area contributed by atoms with E-state index in [-0.39, 0.29) is 5.56 Å². The van der Waals surface area contributed by atoms with Crippen molar-refractivity contribution in [3.8, 4) is 11.3 Å². The van der Waals surface area contributed by atoms with Crippen LogP contribution in [-0.2, 0) is 6.42 Å². The Bertz CT molecular complexity index is 541. The number of H-pyrrole nitrogens is 1. The van der Waals surface area contributed by atoms with Crippen LogP contribution in [0.25, 0.3) is 11.3 Å². The van der Waals surface area contributed by atoms with E-state index in [0.717, 1.165) is 0 Å². The van der Waals surface area contributed by atoms with Crippen LogP contribution in [0.15, 0.2) is 18.2 Å². The summed E-state index contributed by atoms with van der Waals surface area (Å²) in [7, 11) is 0. The SMILES string of the molecule is CC(C)Cc1c(N)n[nH]c1-c1c(F)cccc1F. The van der Waals surface area contributed by atoms with Gasteiger partial charge in [0.1, 0.15) is 17.5 Å². The lowest BCUT2D eigenvalue weighted by molar-refractivity contribution is 0.587. The molecule has 1 aromatic carbocycles. The number of hydrogen-bond acceptors (Lipinski definition) is 2. The van der Waals surface area contributed by atoms with E-state index in [1.807, 2.05) is 13.8 Å². The number of aromatic nitrogens is 2. The summed E-state index contributed by atoms with van der Waals surface area (Å²) in [6.45, 7) is 4.02. The second-order valence-electron chi connectivity index (χ2n) is 4.66. The molecule has 0 radical (unpaired) electrons. The van der Waals surface area contributed by atoms with Crippen LogP contribution in [0.5, 0.6) is 0 Å². The molecule has 18 heavy (non-hydrogen) atoms. The summed E-state index contributed by atoms with van der Waals surface area (Å²) < 4.78 is 27.5. The van der Waals surface area contributed by atoms with Crippen LogP contribution in [0, 0.1) is 17.6 Å². The molecule has 0 saturated carbocycles. The van der Waals surface area contributed by atoms with Crippen LogP contribution in [0.2, 0.25) is 0 Å². The Morgan fingerprint density at radius 2 is 1.89 bits per heavy atom. The van der Waals surface area contributed by atoms with Crippen molar-refractivity contribution in [3.63, 3.8) is 0 Å². The minimum absolute atomic E-state index is 0.0997. The average molecular weight is 251 g/mol. The normalized spacial score (nSPS) is 11.2. The van der Waals surface area contributed by atoms with Crippen LogP contribution >= 0.6 is 0 Å². The van der Waals surface area contributed by atoms with Crippen LogP contribution in [0.3, 0.4) is 0 Å². The zero-order chi connectivity index (χ0) is 13.3. The first-order valence-electron chi connectivity index (χ1n) is 5.77. The molecule has 0 unspecified atom stereocenters. The zero-order valence-electron chi connectivity index (χ0n) is 10.3. The highest BCUT2D eigenvalue weighted by Crippen LogP contribution is 2.31. The maximum atomic E-state index is 13.7. The summed E-state index contributed by atoms with van der Waals surface area (Å²) in [4.78, 5) is 0. The van der Waals surface area contributed by atoms with Gasteiger partial charge in [-0.3, -0.25) is 5.10 Å². The molecule has 0 aliphatic rings. The number of halogens is 2. The van der Waals surface area contributed by atoms with Crippen LogP contribution in [0.1, 0.15) is 19.4 Å². The van der Waals surface area contributed by atoms with Gasteiger partial charge in [-0.2, -0.15) is 5.10 Å². The molecule has 0 spiro atoms. The van der Waals surface area contributed by atoms with Gasteiger partial charge >= 0.3 is 0 Å².